The number of morpholine rings is 1. The van der Waals surface area contributed by atoms with E-state index < -0.39 is 0 Å². The van der Waals surface area contributed by atoms with Gasteiger partial charge in [0.05, 0.1) is 18.5 Å². The molecule has 2 heterocycles. The lowest BCUT2D eigenvalue weighted by Gasteiger charge is -2.35. The van der Waals surface area contributed by atoms with Crippen LogP contribution in [0.15, 0.2) is 58.8 Å². The molecule has 3 rings (SSSR count). The van der Waals surface area contributed by atoms with E-state index in [1.54, 1.807) is 47.4 Å². The Bertz CT molecular complexity index is 773. The molecule has 1 saturated heterocycles. The molecular formula is C20H22N2O4. The van der Waals surface area contributed by atoms with E-state index in [0.29, 0.717) is 24.4 Å². The predicted octanol–water partition coefficient (Wildman–Crippen LogP) is 2.69. The van der Waals surface area contributed by atoms with Crippen LogP contribution in [0.5, 0.6) is 0 Å². The zero-order chi connectivity index (χ0) is 18.5. The van der Waals surface area contributed by atoms with Gasteiger partial charge in [-0.2, -0.15) is 0 Å². The molecule has 1 aliphatic rings. The molecule has 1 aromatic carbocycles. The molecule has 0 spiro atoms. The first-order valence-corrected chi connectivity index (χ1v) is 8.59. The first-order valence-electron chi connectivity index (χ1n) is 8.59. The monoisotopic (exact) mass is 354 g/mol. The second-order valence-electron chi connectivity index (χ2n) is 6.36. The normalized spacial score (nSPS) is 20.7. The molecule has 0 bridgehead atoms. The van der Waals surface area contributed by atoms with E-state index in [4.69, 9.17) is 9.15 Å². The maximum absolute atomic E-state index is 13.0. The van der Waals surface area contributed by atoms with Gasteiger partial charge in [-0.15, -0.1) is 0 Å². The number of amides is 2. The number of nitrogens with zero attached hydrogens (tertiary/aromatic N) is 1. The number of carbonyl (C=O) groups excluding carboxylic acids is 2. The van der Waals surface area contributed by atoms with Crippen LogP contribution in [0.4, 0.5) is 0 Å². The van der Waals surface area contributed by atoms with E-state index in [1.807, 2.05) is 19.9 Å². The van der Waals surface area contributed by atoms with Crippen LogP contribution in [-0.2, 0) is 9.53 Å². The van der Waals surface area contributed by atoms with Crippen molar-refractivity contribution in [1.82, 2.24) is 10.2 Å². The summed E-state index contributed by atoms with van der Waals surface area (Å²) in [6.45, 7) is 4.79. The van der Waals surface area contributed by atoms with Crippen molar-refractivity contribution in [3.63, 3.8) is 0 Å². The van der Waals surface area contributed by atoms with Gasteiger partial charge in [-0.25, -0.2) is 0 Å². The molecule has 136 valence electrons. The summed E-state index contributed by atoms with van der Waals surface area (Å²) >= 11 is 0. The van der Waals surface area contributed by atoms with Crippen molar-refractivity contribution >= 4 is 17.9 Å². The summed E-state index contributed by atoms with van der Waals surface area (Å²) in [4.78, 5) is 27.2. The van der Waals surface area contributed by atoms with Gasteiger partial charge < -0.3 is 19.4 Å². The van der Waals surface area contributed by atoms with Crippen molar-refractivity contribution < 1.29 is 18.7 Å². The second kappa shape index (κ2) is 8.01. The fourth-order valence-corrected chi connectivity index (χ4v) is 2.97. The van der Waals surface area contributed by atoms with Gasteiger partial charge in [0.1, 0.15) is 11.5 Å². The van der Waals surface area contributed by atoms with Crippen LogP contribution < -0.4 is 5.32 Å². The minimum absolute atomic E-state index is 0.0580. The van der Waals surface area contributed by atoms with Gasteiger partial charge in [0.15, 0.2) is 0 Å². The lowest BCUT2D eigenvalue weighted by atomic mass is 10.2. The number of rotatable bonds is 4. The quantitative estimate of drug-likeness (QED) is 0.857. The third kappa shape index (κ3) is 4.40. The smallest absolute Gasteiger partial charge is 0.270 e. The van der Waals surface area contributed by atoms with Crippen molar-refractivity contribution in [3.8, 4) is 0 Å². The Hall–Kier alpha value is -2.86. The van der Waals surface area contributed by atoms with E-state index in [1.165, 1.54) is 6.26 Å². The predicted molar refractivity (Wildman–Crippen MR) is 97.2 cm³/mol. The lowest BCUT2D eigenvalue weighted by molar-refractivity contribution is -0.139. The molecule has 6 heteroatoms. The Morgan fingerprint density at radius 1 is 1.08 bits per heavy atom. The summed E-state index contributed by atoms with van der Waals surface area (Å²) in [5.41, 5.74) is 0.657. The van der Waals surface area contributed by atoms with Crippen molar-refractivity contribution in [3.05, 3.63) is 65.7 Å². The summed E-state index contributed by atoms with van der Waals surface area (Å²) < 4.78 is 11.0. The summed E-state index contributed by atoms with van der Waals surface area (Å²) in [7, 11) is 0. The van der Waals surface area contributed by atoms with Crippen LogP contribution in [0.1, 0.15) is 30.0 Å². The summed E-state index contributed by atoms with van der Waals surface area (Å²) in [5.74, 6) is -0.102. The van der Waals surface area contributed by atoms with Crippen LogP contribution in [0, 0.1) is 0 Å². The van der Waals surface area contributed by atoms with Gasteiger partial charge in [0, 0.05) is 24.7 Å². The molecule has 1 fully saturated rings. The van der Waals surface area contributed by atoms with Gasteiger partial charge in [-0.1, -0.05) is 18.2 Å². The van der Waals surface area contributed by atoms with E-state index in [-0.39, 0.29) is 29.7 Å². The van der Waals surface area contributed by atoms with Crippen molar-refractivity contribution in [2.24, 2.45) is 0 Å². The average Bonchev–Trinajstić information content (AvgIpc) is 3.13. The minimum atomic E-state index is -0.342. The number of hydrogen-bond acceptors (Lipinski definition) is 4. The number of furan rings is 1. The van der Waals surface area contributed by atoms with Crippen LogP contribution in [0.25, 0.3) is 6.08 Å². The molecule has 0 aliphatic carbocycles. The molecule has 2 aromatic rings. The zero-order valence-corrected chi connectivity index (χ0v) is 14.8. The molecule has 2 amide bonds. The zero-order valence-electron chi connectivity index (χ0n) is 14.8. The average molecular weight is 354 g/mol. The van der Waals surface area contributed by atoms with Crippen LogP contribution in [0.2, 0.25) is 0 Å². The highest BCUT2D eigenvalue weighted by Crippen LogP contribution is 2.15. The SMILES string of the molecule is C[C@@H]1CN(C(=O)/C(=C/c2ccco2)NC(=O)c2ccccc2)C[C@@H](C)O1. The van der Waals surface area contributed by atoms with Gasteiger partial charge in [0.2, 0.25) is 0 Å². The Balaban J connectivity index is 1.84. The topological polar surface area (TPSA) is 71.8 Å². The molecule has 0 unspecified atom stereocenters. The first kappa shape index (κ1) is 17.9. The Morgan fingerprint density at radius 2 is 1.77 bits per heavy atom. The molecule has 1 N–H and O–H groups in total. The van der Waals surface area contributed by atoms with Gasteiger partial charge in [-0.3, -0.25) is 9.59 Å². The number of carbonyl (C=O) groups is 2. The van der Waals surface area contributed by atoms with E-state index in [9.17, 15) is 9.59 Å². The molecule has 2 atom stereocenters. The molecule has 26 heavy (non-hydrogen) atoms. The summed E-state index contributed by atoms with van der Waals surface area (Å²) in [6.07, 6.45) is 2.95. The third-order valence-electron chi connectivity index (χ3n) is 4.05. The molecule has 1 aliphatic heterocycles. The van der Waals surface area contributed by atoms with Gasteiger partial charge in [0.25, 0.3) is 11.8 Å². The standard InChI is InChI=1S/C20H22N2O4/c1-14-12-22(13-15(2)26-14)20(24)18(11-17-9-6-10-25-17)21-19(23)16-7-4-3-5-8-16/h3-11,14-15H,12-13H2,1-2H3,(H,21,23)/b18-11-/t14-,15-/m1/s1. The maximum Gasteiger partial charge on any atom is 0.270 e. The summed E-state index contributed by atoms with van der Waals surface area (Å²) in [5, 5.41) is 2.73. The van der Waals surface area contributed by atoms with Crippen LogP contribution in [0.3, 0.4) is 0 Å². The fraction of sp³-hybridized carbons (Fsp3) is 0.300. The maximum atomic E-state index is 13.0. The lowest BCUT2D eigenvalue weighted by Crippen LogP contribution is -2.50. The van der Waals surface area contributed by atoms with Crippen molar-refractivity contribution in [2.75, 3.05) is 13.1 Å². The third-order valence-corrected chi connectivity index (χ3v) is 4.05. The Morgan fingerprint density at radius 3 is 2.38 bits per heavy atom. The van der Waals surface area contributed by atoms with Crippen LogP contribution in [-0.4, -0.2) is 42.0 Å². The molecule has 0 saturated carbocycles. The van der Waals surface area contributed by atoms with Crippen molar-refractivity contribution in [2.45, 2.75) is 26.1 Å². The molecular weight excluding hydrogens is 332 g/mol. The Labute approximate surface area is 152 Å². The van der Waals surface area contributed by atoms with Gasteiger partial charge >= 0.3 is 0 Å². The van der Waals surface area contributed by atoms with E-state index in [2.05, 4.69) is 5.32 Å². The van der Waals surface area contributed by atoms with Crippen LogP contribution >= 0.6 is 0 Å². The second-order valence-corrected chi connectivity index (χ2v) is 6.36. The number of benzene rings is 1. The molecule has 1 aromatic heterocycles. The highest BCUT2D eigenvalue weighted by atomic mass is 16.5. The van der Waals surface area contributed by atoms with E-state index in [0.717, 1.165) is 0 Å². The first-order chi connectivity index (χ1) is 12.5. The molecule has 0 radical (unpaired) electrons. The van der Waals surface area contributed by atoms with E-state index >= 15 is 0 Å². The van der Waals surface area contributed by atoms with Gasteiger partial charge in [-0.05, 0) is 38.1 Å². The summed E-state index contributed by atoms with van der Waals surface area (Å²) in [6, 6.07) is 12.2. The highest BCUT2D eigenvalue weighted by molar-refractivity contribution is 6.05. The molecule has 6 nitrogen and oxygen atoms in total. The number of nitrogens with one attached hydrogen (secondary N) is 1. The van der Waals surface area contributed by atoms with Crippen molar-refractivity contribution in [1.29, 1.82) is 0 Å². The number of hydrogen-bond donors (Lipinski definition) is 1. The minimum Gasteiger partial charge on any atom is -0.465 e. The largest absolute Gasteiger partial charge is 0.465 e. The highest BCUT2D eigenvalue weighted by Gasteiger charge is 2.28. The fourth-order valence-electron chi connectivity index (χ4n) is 2.97. The Kier molecular flexibility index (Phi) is 5.53. The number of ether oxygens (including phenoxy) is 1.